The third-order valence-electron chi connectivity index (χ3n) is 3.30. The lowest BCUT2D eigenvalue weighted by Crippen LogP contribution is -2.45. The lowest BCUT2D eigenvalue weighted by molar-refractivity contribution is 0.0268. The number of ether oxygens (including phenoxy) is 2. The number of nitrogens with one attached hydrogen (secondary N) is 2. The van der Waals surface area contributed by atoms with Crippen molar-refractivity contribution < 1.29 is 9.47 Å². The zero-order valence-corrected chi connectivity index (χ0v) is 14.4. The van der Waals surface area contributed by atoms with Gasteiger partial charge in [-0.1, -0.05) is 24.3 Å². The van der Waals surface area contributed by atoms with Crippen LogP contribution >= 0.6 is 0 Å². The van der Waals surface area contributed by atoms with Gasteiger partial charge in [0.2, 0.25) is 0 Å². The zero-order chi connectivity index (χ0) is 16.4. The number of hydrogen-bond acceptors (Lipinski definition) is 3. The quantitative estimate of drug-likeness (QED) is 0.572. The summed E-state index contributed by atoms with van der Waals surface area (Å²) in [6.07, 6.45) is 0. The standard InChI is InChI=1S/C17H29N3O2/c1-6-18-16(20-13-17(2,3)22-5)19-11-14-8-7-9-15(10-14)12-21-4/h7-10H,6,11-13H2,1-5H3,(H2,18,19,20). The van der Waals surface area contributed by atoms with Crippen LogP contribution in [0.4, 0.5) is 0 Å². The van der Waals surface area contributed by atoms with Crippen LogP contribution in [0.15, 0.2) is 29.3 Å². The highest BCUT2D eigenvalue weighted by molar-refractivity contribution is 5.79. The van der Waals surface area contributed by atoms with E-state index in [0.29, 0.717) is 19.7 Å². The molecule has 0 aliphatic heterocycles. The number of guanidine groups is 1. The molecule has 0 spiro atoms. The Bertz CT molecular complexity index is 473. The van der Waals surface area contributed by atoms with Gasteiger partial charge in [0, 0.05) is 27.3 Å². The van der Waals surface area contributed by atoms with Gasteiger partial charge in [0.1, 0.15) is 0 Å². The molecule has 0 heterocycles. The van der Waals surface area contributed by atoms with Crippen molar-refractivity contribution in [2.45, 2.75) is 39.5 Å². The van der Waals surface area contributed by atoms with Crippen LogP contribution in [0.2, 0.25) is 0 Å². The number of rotatable bonds is 8. The number of methoxy groups -OCH3 is 2. The first kappa shape index (κ1) is 18.5. The summed E-state index contributed by atoms with van der Waals surface area (Å²) in [5, 5.41) is 6.56. The number of benzene rings is 1. The minimum Gasteiger partial charge on any atom is -0.380 e. The van der Waals surface area contributed by atoms with Crippen LogP contribution in [0.5, 0.6) is 0 Å². The molecule has 1 aromatic rings. The van der Waals surface area contributed by atoms with E-state index in [0.717, 1.165) is 23.6 Å². The smallest absolute Gasteiger partial charge is 0.191 e. The summed E-state index contributed by atoms with van der Waals surface area (Å²) < 4.78 is 10.6. The average molecular weight is 307 g/mol. The van der Waals surface area contributed by atoms with E-state index < -0.39 is 0 Å². The van der Waals surface area contributed by atoms with Crippen LogP contribution < -0.4 is 10.6 Å². The van der Waals surface area contributed by atoms with E-state index in [4.69, 9.17) is 9.47 Å². The molecule has 0 atom stereocenters. The fourth-order valence-corrected chi connectivity index (χ4v) is 1.87. The van der Waals surface area contributed by atoms with Crippen LogP contribution in [0.3, 0.4) is 0 Å². The van der Waals surface area contributed by atoms with Gasteiger partial charge in [-0.2, -0.15) is 0 Å². The number of aliphatic imine (C=N–C) groups is 1. The van der Waals surface area contributed by atoms with Crippen molar-refractivity contribution >= 4 is 5.96 Å². The average Bonchev–Trinajstić information content (AvgIpc) is 2.51. The first-order valence-electron chi connectivity index (χ1n) is 7.65. The Morgan fingerprint density at radius 3 is 2.55 bits per heavy atom. The maximum Gasteiger partial charge on any atom is 0.191 e. The van der Waals surface area contributed by atoms with Crippen molar-refractivity contribution in [1.29, 1.82) is 0 Å². The van der Waals surface area contributed by atoms with Crippen molar-refractivity contribution in [3.8, 4) is 0 Å². The zero-order valence-electron chi connectivity index (χ0n) is 14.4. The van der Waals surface area contributed by atoms with E-state index in [2.05, 4.69) is 40.7 Å². The van der Waals surface area contributed by atoms with Gasteiger partial charge in [-0.3, -0.25) is 0 Å². The summed E-state index contributed by atoms with van der Waals surface area (Å²) in [4.78, 5) is 4.62. The maximum atomic E-state index is 5.41. The Labute approximate surface area is 134 Å². The first-order valence-corrected chi connectivity index (χ1v) is 7.65. The van der Waals surface area contributed by atoms with Gasteiger partial charge >= 0.3 is 0 Å². The largest absolute Gasteiger partial charge is 0.380 e. The van der Waals surface area contributed by atoms with E-state index in [-0.39, 0.29) is 5.60 Å². The molecule has 0 aliphatic carbocycles. The molecule has 0 aromatic heterocycles. The summed E-state index contributed by atoms with van der Waals surface area (Å²) in [6.45, 7) is 8.90. The summed E-state index contributed by atoms with van der Waals surface area (Å²) in [5.41, 5.74) is 2.10. The molecule has 124 valence electrons. The third kappa shape index (κ3) is 6.91. The van der Waals surface area contributed by atoms with Crippen LogP contribution in [0.25, 0.3) is 0 Å². The normalized spacial score (nSPS) is 12.3. The molecule has 0 unspecified atom stereocenters. The van der Waals surface area contributed by atoms with Crippen molar-refractivity contribution in [3.63, 3.8) is 0 Å². The second kappa shape index (κ2) is 9.43. The Kier molecular flexibility index (Phi) is 7.91. The molecule has 22 heavy (non-hydrogen) atoms. The van der Waals surface area contributed by atoms with Crippen LogP contribution in [-0.4, -0.2) is 38.9 Å². The van der Waals surface area contributed by atoms with Gasteiger partial charge in [0.15, 0.2) is 5.96 Å². The summed E-state index contributed by atoms with van der Waals surface area (Å²) in [7, 11) is 3.42. The maximum absolute atomic E-state index is 5.41. The van der Waals surface area contributed by atoms with Crippen molar-refractivity contribution in [2.24, 2.45) is 4.99 Å². The van der Waals surface area contributed by atoms with Crippen molar-refractivity contribution in [1.82, 2.24) is 10.6 Å². The molecular formula is C17H29N3O2. The highest BCUT2D eigenvalue weighted by Gasteiger charge is 2.16. The molecule has 1 rings (SSSR count). The second-order valence-electron chi connectivity index (χ2n) is 5.77. The van der Waals surface area contributed by atoms with E-state index in [1.54, 1.807) is 14.2 Å². The van der Waals surface area contributed by atoms with Gasteiger partial charge in [0.25, 0.3) is 0 Å². The van der Waals surface area contributed by atoms with Crippen LogP contribution in [-0.2, 0) is 22.6 Å². The number of nitrogens with zero attached hydrogens (tertiary/aromatic N) is 1. The van der Waals surface area contributed by atoms with Gasteiger partial charge < -0.3 is 20.1 Å². The fraction of sp³-hybridized carbons (Fsp3) is 0.588. The molecule has 0 saturated carbocycles. The lowest BCUT2D eigenvalue weighted by atomic mass is 10.1. The van der Waals surface area contributed by atoms with Crippen molar-refractivity contribution in [2.75, 3.05) is 27.3 Å². The molecule has 0 radical (unpaired) electrons. The molecule has 5 heteroatoms. The third-order valence-corrected chi connectivity index (χ3v) is 3.30. The summed E-state index contributed by atoms with van der Waals surface area (Å²) >= 11 is 0. The van der Waals surface area contributed by atoms with E-state index in [9.17, 15) is 0 Å². The lowest BCUT2D eigenvalue weighted by Gasteiger charge is -2.24. The number of hydrogen-bond donors (Lipinski definition) is 2. The Morgan fingerprint density at radius 2 is 1.91 bits per heavy atom. The molecule has 2 N–H and O–H groups in total. The predicted octanol–water partition coefficient (Wildman–Crippen LogP) is 2.31. The minimum absolute atomic E-state index is 0.228. The molecule has 5 nitrogen and oxygen atoms in total. The molecule has 0 amide bonds. The topological polar surface area (TPSA) is 54.9 Å². The highest BCUT2D eigenvalue weighted by Crippen LogP contribution is 2.08. The van der Waals surface area contributed by atoms with E-state index in [1.165, 1.54) is 0 Å². The molecule has 0 aliphatic rings. The van der Waals surface area contributed by atoms with E-state index >= 15 is 0 Å². The Morgan fingerprint density at radius 1 is 1.18 bits per heavy atom. The van der Waals surface area contributed by atoms with Crippen LogP contribution in [0, 0.1) is 0 Å². The molecular weight excluding hydrogens is 278 g/mol. The van der Waals surface area contributed by atoms with Gasteiger partial charge in [-0.15, -0.1) is 0 Å². The summed E-state index contributed by atoms with van der Waals surface area (Å²) in [5.74, 6) is 0.796. The molecule has 0 saturated heterocycles. The van der Waals surface area contributed by atoms with Gasteiger partial charge in [-0.25, -0.2) is 4.99 Å². The Balaban J connectivity index is 2.67. The van der Waals surface area contributed by atoms with Gasteiger partial charge in [-0.05, 0) is 31.9 Å². The van der Waals surface area contributed by atoms with Gasteiger partial charge in [0.05, 0.1) is 18.8 Å². The minimum atomic E-state index is -0.228. The SMILES string of the molecule is CCNC(=NCc1cccc(COC)c1)NCC(C)(C)OC. The fourth-order valence-electron chi connectivity index (χ4n) is 1.87. The monoisotopic (exact) mass is 307 g/mol. The van der Waals surface area contributed by atoms with E-state index in [1.807, 2.05) is 19.9 Å². The molecule has 0 fully saturated rings. The molecule has 1 aromatic carbocycles. The first-order chi connectivity index (χ1) is 10.5. The van der Waals surface area contributed by atoms with Crippen molar-refractivity contribution in [3.05, 3.63) is 35.4 Å². The second-order valence-corrected chi connectivity index (χ2v) is 5.77. The molecule has 0 bridgehead atoms. The highest BCUT2D eigenvalue weighted by atomic mass is 16.5. The predicted molar refractivity (Wildman–Crippen MR) is 91.1 cm³/mol. The summed E-state index contributed by atoms with van der Waals surface area (Å²) in [6, 6.07) is 8.29. The van der Waals surface area contributed by atoms with Crippen LogP contribution in [0.1, 0.15) is 31.9 Å². The Hall–Kier alpha value is -1.59.